The molecular weight excluding hydrogens is 214 g/mol. The molecule has 0 radical (unpaired) electrons. The van der Waals surface area contributed by atoms with E-state index in [9.17, 15) is 0 Å². The molecule has 2 aromatic rings. The van der Waals surface area contributed by atoms with Gasteiger partial charge in [0.05, 0.1) is 0 Å². The zero-order chi connectivity index (χ0) is 12.1. The second-order valence-electron chi connectivity index (χ2n) is 3.98. The van der Waals surface area contributed by atoms with Gasteiger partial charge in [-0.05, 0) is 19.5 Å². The summed E-state index contributed by atoms with van der Waals surface area (Å²) >= 11 is 0. The molecule has 17 heavy (non-hydrogen) atoms. The van der Waals surface area contributed by atoms with Gasteiger partial charge >= 0.3 is 0 Å². The molecule has 1 aromatic heterocycles. The van der Waals surface area contributed by atoms with E-state index < -0.39 is 0 Å². The molecule has 1 aromatic carbocycles. The van der Waals surface area contributed by atoms with E-state index in [0.717, 1.165) is 25.1 Å². The van der Waals surface area contributed by atoms with Crippen molar-refractivity contribution in [1.29, 1.82) is 0 Å². The van der Waals surface area contributed by atoms with Crippen molar-refractivity contribution in [2.24, 2.45) is 0 Å². The molecule has 0 amide bonds. The van der Waals surface area contributed by atoms with Crippen LogP contribution in [0.15, 0.2) is 28.8 Å². The lowest BCUT2D eigenvalue weighted by atomic mass is 10.1. The van der Waals surface area contributed by atoms with Crippen molar-refractivity contribution in [3.05, 3.63) is 35.7 Å². The average molecular weight is 231 g/mol. The summed E-state index contributed by atoms with van der Waals surface area (Å²) < 4.78 is 5.20. The maximum atomic E-state index is 5.20. The number of likely N-dealkylation sites (N-methyl/N-ethyl adjacent to an activating group) is 1. The fourth-order valence-corrected chi connectivity index (χ4v) is 1.63. The number of nitrogens with one attached hydrogen (secondary N) is 1. The Labute approximate surface area is 101 Å². The van der Waals surface area contributed by atoms with Crippen LogP contribution < -0.4 is 5.32 Å². The van der Waals surface area contributed by atoms with Gasteiger partial charge in [0.2, 0.25) is 11.7 Å². The lowest BCUT2D eigenvalue weighted by molar-refractivity contribution is 0.377. The number of benzene rings is 1. The third kappa shape index (κ3) is 3.14. The second kappa shape index (κ2) is 5.59. The fraction of sp³-hybridized carbons (Fsp3) is 0.385. The summed E-state index contributed by atoms with van der Waals surface area (Å²) in [5.74, 6) is 1.35. The number of hydrogen-bond acceptors (Lipinski definition) is 4. The minimum absolute atomic E-state index is 0.667. The van der Waals surface area contributed by atoms with Gasteiger partial charge in [-0.25, -0.2) is 0 Å². The normalized spacial score (nSPS) is 10.7. The molecule has 1 heterocycles. The topological polar surface area (TPSA) is 51.0 Å². The Bertz CT molecular complexity index is 479. The van der Waals surface area contributed by atoms with Gasteiger partial charge in [-0.2, -0.15) is 4.98 Å². The molecule has 0 fully saturated rings. The van der Waals surface area contributed by atoms with Crippen LogP contribution in [0.2, 0.25) is 0 Å². The van der Waals surface area contributed by atoms with Gasteiger partial charge < -0.3 is 9.84 Å². The first kappa shape index (κ1) is 11.8. The van der Waals surface area contributed by atoms with Crippen LogP contribution in [0.25, 0.3) is 11.4 Å². The highest BCUT2D eigenvalue weighted by Gasteiger charge is 2.07. The molecule has 90 valence electrons. The van der Waals surface area contributed by atoms with Crippen molar-refractivity contribution in [1.82, 2.24) is 15.5 Å². The van der Waals surface area contributed by atoms with Crippen LogP contribution in [-0.4, -0.2) is 23.2 Å². The summed E-state index contributed by atoms with van der Waals surface area (Å²) in [6, 6.07) is 8.10. The predicted molar refractivity (Wildman–Crippen MR) is 66.7 cm³/mol. The summed E-state index contributed by atoms with van der Waals surface area (Å²) in [6.07, 6.45) is 0.770. The maximum Gasteiger partial charge on any atom is 0.228 e. The van der Waals surface area contributed by atoms with E-state index in [1.165, 1.54) is 5.56 Å². The standard InChI is InChI=1S/C13H17N3O/c1-3-14-8-7-12-15-13(16-17-12)11-6-4-5-10(2)9-11/h4-6,9,14H,3,7-8H2,1-2H3. The highest BCUT2D eigenvalue weighted by atomic mass is 16.5. The number of nitrogens with zero attached hydrogens (tertiary/aromatic N) is 2. The van der Waals surface area contributed by atoms with Gasteiger partial charge in [0.15, 0.2) is 0 Å². The summed E-state index contributed by atoms with van der Waals surface area (Å²) in [5, 5.41) is 7.22. The predicted octanol–water partition coefficient (Wildman–Crippen LogP) is 2.20. The van der Waals surface area contributed by atoms with Crippen LogP contribution in [-0.2, 0) is 6.42 Å². The molecule has 0 bridgehead atoms. The lowest BCUT2D eigenvalue weighted by Crippen LogP contribution is -2.16. The van der Waals surface area contributed by atoms with E-state index in [1.807, 2.05) is 12.1 Å². The first-order valence-corrected chi connectivity index (χ1v) is 5.90. The Balaban J connectivity index is 2.07. The summed E-state index contributed by atoms with van der Waals surface area (Å²) in [4.78, 5) is 4.38. The van der Waals surface area contributed by atoms with Gasteiger partial charge in [0.25, 0.3) is 0 Å². The Morgan fingerprint density at radius 3 is 3.00 bits per heavy atom. The minimum Gasteiger partial charge on any atom is -0.339 e. The van der Waals surface area contributed by atoms with Crippen molar-refractivity contribution >= 4 is 0 Å². The van der Waals surface area contributed by atoms with Crippen LogP contribution in [0.5, 0.6) is 0 Å². The highest BCUT2D eigenvalue weighted by Crippen LogP contribution is 2.16. The number of hydrogen-bond donors (Lipinski definition) is 1. The molecule has 0 aliphatic heterocycles. The van der Waals surface area contributed by atoms with E-state index >= 15 is 0 Å². The van der Waals surface area contributed by atoms with Crippen molar-refractivity contribution in [3.63, 3.8) is 0 Å². The smallest absolute Gasteiger partial charge is 0.228 e. The van der Waals surface area contributed by atoms with Crippen molar-refractivity contribution < 1.29 is 4.52 Å². The van der Waals surface area contributed by atoms with E-state index in [2.05, 4.69) is 41.4 Å². The lowest BCUT2D eigenvalue weighted by Gasteiger charge is -1.96. The first-order chi connectivity index (χ1) is 8.29. The maximum absolute atomic E-state index is 5.20. The molecule has 2 rings (SSSR count). The number of aryl methyl sites for hydroxylation is 1. The second-order valence-corrected chi connectivity index (χ2v) is 3.98. The monoisotopic (exact) mass is 231 g/mol. The van der Waals surface area contributed by atoms with Crippen LogP contribution in [0.1, 0.15) is 18.4 Å². The molecule has 0 aliphatic rings. The van der Waals surface area contributed by atoms with Gasteiger partial charge in [-0.1, -0.05) is 35.8 Å². The molecule has 1 N–H and O–H groups in total. The zero-order valence-electron chi connectivity index (χ0n) is 10.2. The third-order valence-electron chi connectivity index (χ3n) is 2.51. The van der Waals surface area contributed by atoms with Crippen LogP contribution in [0.4, 0.5) is 0 Å². The first-order valence-electron chi connectivity index (χ1n) is 5.90. The fourth-order valence-electron chi connectivity index (χ4n) is 1.63. The molecule has 0 spiro atoms. The van der Waals surface area contributed by atoms with E-state index in [1.54, 1.807) is 0 Å². The molecule has 0 saturated carbocycles. The third-order valence-corrected chi connectivity index (χ3v) is 2.51. The summed E-state index contributed by atoms with van der Waals surface area (Å²) in [5.41, 5.74) is 2.20. The van der Waals surface area contributed by atoms with E-state index in [0.29, 0.717) is 11.7 Å². The minimum atomic E-state index is 0.667. The highest BCUT2D eigenvalue weighted by molar-refractivity contribution is 5.55. The zero-order valence-corrected chi connectivity index (χ0v) is 10.2. The van der Waals surface area contributed by atoms with Crippen molar-refractivity contribution in [2.45, 2.75) is 20.3 Å². The van der Waals surface area contributed by atoms with Crippen molar-refractivity contribution in [3.8, 4) is 11.4 Å². The summed E-state index contributed by atoms with van der Waals surface area (Å²) in [6.45, 7) is 5.95. The van der Waals surface area contributed by atoms with Crippen LogP contribution in [0, 0.1) is 6.92 Å². The van der Waals surface area contributed by atoms with Crippen LogP contribution >= 0.6 is 0 Å². The molecule has 0 unspecified atom stereocenters. The van der Waals surface area contributed by atoms with Gasteiger partial charge in [-0.15, -0.1) is 0 Å². The Morgan fingerprint density at radius 1 is 1.35 bits per heavy atom. The molecular formula is C13H17N3O. The SMILES string of the molecule is CCNCCc1nc(-c2cccc(C)c2)no1. The van der Waals surface area contributed by atoms with Gasteiger partial charge in [0.1, 0.15) is 0 Å². The molecule has 4 heteroatoms. The van der Waals surface area contributed by atoms with Gasteiger partial charge in [-0.3, -0.25) is 0 Å². The largest absolute Gasteiger partial charge is 0.339 e. The Morgan fingerprint density at radius 2 is 2.24 bits per heavy atom. The van der Waals surface area contributed by atoms with Crippen molar-refractivity contribution in [2.75, 3.05) is 13.1 Å². The van der Waals surface area contributed by atoms with Gasteiger partial charge in [0, 0.05) is 18.5 Å². The number of aromatic nitrogens is 2. The summed E-state index contributed by atoms with van der Waals surface area (Å²) in [7, 11) is 0. The van der Waals surface area contributed by atoms with Crippen LogP contribution in [0.3, 0.4) is 0 Å². The Hall–Kier alpha value is -1.68. The molecule has 0 atom stereocenters. The van der Waals surface area contributed by atoms with E-state index in [-0.39, 0.29) is 0 Å². The molecule has 0 aliphatic carbocycles. The molecule has 4 nitrogen and oxygen atoms in total. The number of rotatable bonds is 5. The quantitative estimate of drug-likeness (QED) is 0.801. The Kier molecular flexibility index (Phi) is 3.88. The molecule has 0 saturated heterocycles. The van der Waals surface area contributed by atoms with E-state index in [4.69, 9.17) is 4.52 Å². The average Bonchev–Trinajstić information content (AvgIpc) is 2.78.